The molecule has 0 radical (unpaired) electrons. The van der Waals surface area contributed by atoms with Crippen LogP contribution in [-0.2, 0) is 0 Å². The largest absolute Gasteiger partial charge is 0.299 e. The number of hydrogen-bond donors (Lipinski definition) is 1. The third-order valence-corrected chi connectivity index (χ3v) is 5.07. The Labute approximate surface area is 183 Å². The Balaban J connectivity index is 2.10. The third kappa shape index (κ3) is 4.14. The number of H-pyrrole nitrogens is 1. The lowest BCUT2D eigenvalue weighted by Crippen LogP contribution is -2.15. The zero-order chi connectivity index (χ0) is 19.9. The molecule has 0 bridgehead atoms. The Morgan fingerprint density at radius 3 is 1.74 bits per heavy atom. The van der Waals surface area contributed by atoms with Gasteiger partial charge in [-0.2, -0.15) is 0 Å². The minimum absolute atomic E-state index is 0.0409. The molecule has 0 amide bonds. The van der Waals surface area contributed by atoms with Gasteiger partial charge in [0, 0.05) is 10.0 Å². The molecule has 0 unspecified atom stereocenters. The van der Waals surface area contributed by atoms with Crippen molar-refractivity contribution in [3.63, 3.8) is 0 Å². The van der Waals surface area contributed by atoms with Crippen LogP contribution in [0.1, 0.15) is 5.69 Å². The van der Waals surface area contributed by atoms with E-state index < -0.39 is 5.56 Å². The van der Waals surface area contributed by atoms with Crippen molar-refractivity contribution in [1.82, 2.24) is 9.78 Å². The molecule has 0 fully saturated rings. The number of rotatable bonds is 3. The van der Waals surface area contributed by atoms with Crippen LogP contribution in [0.5, 0.6) is 0 Å². The molecular weight excluding hydrogens is 477 g/mol. The molecule has 1 N–H and O–H groups in total. The summed E-state index contributed by atoms with van der Waals surface area (Å²) in [5, 5.41) is 12.3. The first-order valence-corrected chi connectivity index (χ1v) is 9.48. The van der Waals surface area contributed by atoms with Crippen molar-refractivity contribution in [2.75, 3.05) is 0 Å². The standard InChI is InChI=1S/C16H8Cl6N4O/c1-6-13(23-24-14-9(19)2-7(17)3-10(14)20)16(27)26(25-6)15-11(21)4-8(18)5-12(15)22/h2-5,25H,1H3. The number of aryl methyl sites for hydroxylation is 1. The summed E-state index contributed by atoms with van der Waals surface area (Å²) in [6.07, 6.45) is 0. The molecule has 3 rings (SSSR count). The van der Waals surface area contributed by atoms with Crippen molar-refractivity contribution in [2.45, 2.75) is 6.92 Å². The monoisotopic (exact) mass is 482 g/mol. The van der Waals surface area contributed by atoms with Crippen molar-refractivity contribution >= 4 is 81.0 Å². The maximum atomic E-state index is 12.8. The highest BCUT2D eigenvalue weighted by Crippen LogP contribution is 2.37. The fraction of sp³-hybridized carbons (Fsp3) is 0.0625. The van der Waals surface area contributed by atoms with Gasteiger partial charge in [-0.1, -0.05) is 69.6 Å². The molecule has 0 aliphatic rings. The highest BCUT2D eigenvalue weighted by Gasteiger charge is 2.18. The van der Waals surface area contributed by atoms with Crippen molar-refractivity contribution in [2.24, 2.45) is 10.2 Å². The Bertz CT molecular complexity index is 1090. The van der Waals surface area contributed by atoms with Gasteiger partial charge in [0.2, 0.25) is 0 Å². The summed E-state index contributed by atoms with van der Waals surface area (Å²) < 4.78 is 1.16. The van der Waals surface area contributed by atoms with Crippen molar-refractivity contribution < 1.29 is 0 Å². The fourth-order valence-corrected chi connectivity index (χ4v) is 4.17. The third-order valence-electron chi connectivity index (χ3n) is 3.48. The first kappa shape index (κ1) is 20.5. The van der Waals surface area contributed by atoms with Gasteiger partial charge >= 0.3 is 0 Å². The van der Waals surface area contributed by atoms with E-state index in [1.807, 2.05) is 0 Å². The van der Waals surface area contributed by atoms with Gasteiger partial charge in [0.1, 0.15) is 11.4 Å². The Morgan fingerprint density at radius 2 is 1.22 bits per heavy atom. The summed E-state index contributed by atoms with van der Waals surface area (Å²) in [6, 6.07) is 5.89. The Kier molecular flexibility index (Phi) is 6.11. The number of aromatic amines is 1. The summed E-state index contributed by atoms with van der Waals surface area (Å²) in [4.78, 5) is 12.8. The molecule has 0 saturated heterocycles. The van der Waals surface area contributed by atoms with Crippen molar-refractivity contribution in [1.29, 1.82) is 0 Å². The van der Waals surface area contributed by atoms with Crippen LogP contribution in [0.15, 0.2) is 39.3 Å². The van der Waals surface area contributed by atoms with E-state index in [9.17, 15) is 4.79 Å². The summed E-state index contributed by atoms with van der Waals surface area (Å²) in [6.45, 7) is 1.65. The first-order chi connectivity index (χ1) is 12.7. The quantitative estimate of drug-likeness (QED) is 0.378. The molecule has 27 heavy (non-hydrogen) atoms. The molecule has 5 nitrogen and oxygen atoms in total. The Morgan fingerprint density at radius 1 is 0.778 bits per heavy atom. The number of nitrogens with zero attached hydrogens (tertiary/aromatic N) is 3. The lowest BCUT2D eigenvalue weighted by molar-refractivity contribution is 0.835. The van der Waals surface area contributed by atoms with Crippen LogP contribution in [-0.4, -0.2) is 9.78 Å². The minimum atomic E-state index is -0.511. The second kappa shape index (κ2) is 8.03. The van der Waals surface area contributed by atoms with E-state index in [-0.39, 0.29) is 37.2 Å². The number of aromatic nitrogens is 2. The number of benzene rings is 2. The predicted molar refractivity (Wildman–Crippen MR) is 112 cm³/mol. The molecule has 1 aromatic heterocycles. The SMILES string of the molecule is Cc1[nH]n(-c2c(Cl)cc(Cl)cc2Cl)c(=O)c1N=Nc1c(Cl)cc(Cl)cc1Cl. The van der Waals surface area contributed by atoms with Crippen LogP contribution in [0.25, 0.3) is 5.69 Å². The lowest BCUT2D eigenvalue weighted by atomic mass is 10.3. The molecule has 11 heteroatoms. The first-order valence-electron chi connectivity index (χ1n) is 7.22. The van der Waals surface area contributed by atoms with Crippen molar-refractivity contribution in [3.05, 3.63) is 70.4 Å². The van der Waals surface area contributed by atoms with Gasteiger partial charge in [0.15, 0.2) is 5.69 Å². The zero-order valence-electron chi connectivity index (χ0n) is 13.3. The molecule has 0 atom stereocenters. The van der Waals surface area contributed by atoms with Crippen LogP contribution in [0.2, 0.25) is 30.1 Å². The molecule has 140 valence electrons. The van der Waals surface area contributed by atoms with Gasteiger partial charge in [-0.25, -0.2) is 4.68 Å². The van der Waals surface area contributed by atoms with E-state index in [2.05, 4.69) is 15.3 Å². The van der Waals surface area contributed by atoms with Crippen LogP contribution in [0.4, 0.5) is 11.4 Å². The van der Waals surface area contributed by atoms with E-state index in [4.69, 9.17) is 69.6 Å². The lowest BCUT2D eigenvalue weighted by Gasteiger charge is -2.07. The van der Waals surface area contributed by atoms with Gasteiger partial charge in [0.25, 0.3) is 5.56 Å². The predicted octanol–water partition coefficient (Wildman–Crippen LogP) is 7.81. The second-order valence-electron chi connectivity index (χ2n) is 5.36. The smallest absolute Gasteiger partial charge is 0.293 e. The van der Waals surface area contributed by atoms with E-state index in [0.717, 1.165) is 4.68 Å². The number of nitrogens with one attached hydrogen (secondary N) is 1. The van der Waals surface area contributed by atoms with Crippen LogP contribution >= 0.6 is 69.6 Å². The fourth-order valence-electron chi connectivity index (χ4n) is 2.29. The van der Waals surface area contributed by atoms with Crippen molar-refractivity contribution in [3.8, 4) is 5.69 Å². The van der Waals surface area contributed by atoms with Gasteiger partial charge in [-0.15, -0.1) is 10.2 Å². The van der Waals surface area contributed by atoms with Gasteiger partial charge in [-0.05, 0) is 31.2 Å². The number of hydrogen-bond acceptors (Lipinski definition) is 3. The number of azo groups is 1. The highest BCUT2D eigenvalue weighted by molar-refractivity contribution is 6.41. The minimum Gasteiger partial charge on any atom is -0.293 e. The molecule has 0 aliphatic heterocycles. The molecule has 3 aromatic rings. The Hall–Kier alpha value is -1.21. The second-order valence-corrected chi connectivity index (χ2v) is 7.86. The van der Waals surface area contributed by atoms with Crippen LogP contribution in [0.3, 0.4) is 0 Å². The molecule has 0 spiro atoms. The average molecular weight is 485 g/mol. The zero-order valence-corrected chi connectivity index (χ0v) is 17.9. The highest BCUT2D eigenvalue weighted by atomic mass is 35.5. The van der Waals surface area contributed by atoms with Gasteiger partial charge in [0.05, 0.1) is 25.8 Å². The summed E-state index contributed by atoms with van der Waals surface area (Å²) >= 11 is 36.3. The maximum absolute atomic E-state index is 12.8. The molecule has 0 aliphatic carbocycles. The van der Waals surface area contributed by atoms with Gasteiger partial charge in [-0.3, -0.25) is 9.89 Å². The summed E-state index contributed by atoms with van der Waals surface area (Å²) in [7, 11) is 0. The maximum Gasteiger partial charge on any atom is 0.299 e. The topological polar surface area (TPSA) is 62.5 Å². The molecule has 2 aromatic carbocycles. The van der Waals surface area contributed by atoms with Crippen LogP contribution in [0, 0.1) is 6.92 Å². The van der Waals surface area contributed by atoms with E-state index in [1.54, 1.807) is 6.92 Å². The summed E-state index contributed by atoms with van der Waals surface area (Å²) in [5.41, 5.74) is 0.409. The van der Waals surface area contributed by atoms with E-state index in [1.165, 1.54) is 24.3 Å². The van der Waals surface area contributed by atoms with E-state index in [0.29, 0.717) is 15.7 Å². The average Bonchev–Trinajstić information content (AvgIpc) is 2.80. The normalized spacial score (nSPS) is 11.5. The number of halogens is 6. The van der Waals surface area contributed by atoms with Gasteiger partial charge < -0.3 is 0 Å². The van der Waals surface area contributed by atoms with E-state index >= 15 is 0 Å². The molecular formula is C16H8Cl6N4O. The van der Waals surface area contributed by atoms with Crippen LogP contribution < -0.4 is 5.56 Å². The molecule has 0 saturated carbocycles. The molecule has 1 heterocycles. The summed E-state index contributed by atoms with van der Waals surface area (Å²) in [5.74, 6) is 0.